The van der Waals surface area contributed by atoms with Crippen molar-refractivity contribution < 1.29 is 0 Å². The summed E-state index contributed by atoms with van der Waals surface area (Å²) in [4.78, 5) is 0. The van der Waals surface area contributed by atoms with Gasteiger partial charge in [0.15, 0.2) is 5.11 Å². The average molecular weight is 312 g/mol. The minimum Gasteiger partial charge on any atom is -0.356 e. The first kappa shape index (κ1) is 16.5. The summed E-state index contributed by atoms with van der Waals surface area (Å²) in [7, 11) is 0. The van der Waals surface area contributed by atoms with Crippen molar-refractivity contribution in [1.29, 1.82) is 0 Å². The Morgan fingerprint density at radius 1 is 1.05 bits per heavy atom. The van der Waals surface area contributed by atoms with Gasteiger partial charge in [0.05, 0.1) is 6.04 Å². The minimum absolute atomic E-state index is 0.184. The van der Waals surface area contributed by atoms with Gasteiger partial charge in [-0.25, -0.2) is 0 Å². The SMILES string of the molecule is CCCCc1ccccc1NC(=S)NC(C)c1ccccc1. The van der Waals surface area contributed by atoms with Crippen molar-refractivity contribution in [1.82, 2.24) is 5.32 Å². The molecule has 0 aromatic heterocycles. The van der Waals surface area contributed by atoms with Crippen LogP contribution in [0.25, 0.3) is 0 Å². The lowest BCUT2D eigenvalue weighted by Gasteiger charge is -2.18. The van der Waals surface area contributed by atoms with E-state index in [4.69, 9.17) is 12.2 Å². The van der Waals surface area contributed by atoms with Gasteiger partial charge < -0.3 is 10.6 Å². The van der Waals surface area contributed by atoms with Gasteiger partial charge in [0.2, 0.25) is 0 Å². The first-order chi connectivity index (χ1) is 10.7. The molecule has 116 valence electrons. The van der Waals surface area contributed by atoms with Crippen LogP contribution >= 0.6 is 12.2 Å². The molecule has 0 saturated heterocycles. The van der Waals surface area contributed by atoms with Crippen molar-refractivity contribution in [3.63, 3.8) is 0 Å². The van der Waals surface area contributed by atoms with E-state index in [1.54, 1.807) is 0 Å². The Hall–Kier alpha value is -1.87. The number of para-hydroxylation sites is 1. The van der Waals surface area contributed by atoms with Crippen LogP contribution in [0.5, 0.6) is 0 Å². The molecule has 3 heteroatoms. The topological polar surface area (TPSA) is 24.1 Å². The van der Waals surface area contributed by atoms with E-state index in [0.717, 1.165) is 12.1 Å². The van der Waals surface area contributed by atoms with Crippen molar-refractivity contribution in [3.05, 3.63) is 65.7 Å². The molecule has 0 aliphatic rings. The molecule has 2 nitrogen and oxygen atoms in total. The average Bonchev–Trinajstić information content (AvgIpc) is 2.54. The zero-order chi connectivity index (χ0) is 15.8. The number of nitrogens with one attached hydrogen (secondary N) is 2. The first-order valence-corrected chi connectivity index (χ1v) is 8.32. The molecule has 0 bridgehead atoms. The number of benzene rings is 2. The number of thiocarbonyl (C=S) groups is 1. The van der Waals surface area contributed by atoms with E-state index in [2.05, 4.69) is 54.8 Å². The molecule has 0 saturated carbocycles. The van der Waals surface area contributed by atoms with Gasteiger partial charge in [-0.1, -0.05) is 61.9 Å². The number of hydrogen-bond donors (Lipinski definition) is 2. The van der Waals surface area contributed by atoms with Gasteiger partial charge in [-0.3, -0.25) is 0 Å². The summed E-state index contributed by atoms with van der Waals surface area (Å²) in [5, 5.41) is 7.36. The Morgan fingerprint density at radius 2 is 1.73 bits per heavy atom. The van der Waals surface area contributed by atoms with Crippen molar-refractivity contribution in [2.45, 2.75) is 39.2 Å². The molecule has 0 spiro atoms. The van der Waals surface area contributed by atoms with Crippen LogP contribution in [0.15, 0.2) is 54.6 Å². The van der Waals surface area contributed by atoms with Crippen LogP contribution in [0.1, 0.15) is 43.9 Å². The van der Waals surface area contributed by atoms with Gasteiger partial charge in [0.1, 0.15) is 0 Å². The van der Waals surface area contributed by atoms with Crippen LogP contribution in [0.4, 0.5) is 5.69 Å². The molecule has 2 rings (SSSR count). The zero-order valence-corrected chi connectivity index (χ0v) is 14.1. The van der Waals surface area contributed by atoms with Crippen molar-refractivity contribution in [2.75, 3.05) is 5.32 Å². The predicted octanol–water partition coefficient (Wildman–Crippen LogP) is 5.08. The summed E-state index contributed by atoms with van der Waals surface area (Å²) in [5.41, 5.74) is 3.65. The molecular formula is C19H24N2S. The van der Waals surface area contributed by atoms with Crippen molar-refractivity contribution >= 4 is 23.0 Å². The van der Waals surface area contributed by atoms with E-state index >= 15 is 0 Å². The molecule has 0 heterocycles. The van der Waals surface area contributed by atoms with Gasteiger partial charge in [-0.05, 0) is 49.2 Å². The third-order valence-electron chi connectivity index (χ3n) is 3.71. The van der Waals surface area contributed by atoms with Gasteiger partial charge in [0.25, 0.3) is 0 Å². The Bertz CT molecular complexity index is 595. The highest BCUT2D eigenvalue weighted by Gasteiger charge is 2.08. The van der Waals surface area contributed by atoms with Crippen LogP contribution in [-0.2, 0) is 6.42 Å². The second-order valence-electron chi connectivity index (χ2n) is 5.49. The van der Waals surface area contributed by atoms with Crippen molar-refractivity contribution in [3.8, 4) is 0 Å². The molecule has 22 heavy (non-hydrogen) atoms. The maximum Gasteiger partial charge on any atom is 0.171 e. The molecule has 2 aromatic rings. The molecule has 0 amide bonds. The Kier molecular flexibility index (Phi) is 6.41. The van der Waals surface area contributed by atoms with Gasteiger partial charge in [-0.15, -0.1) is 0 Å². The van der Waals surface area contributed by atoms with E-state index in [9.17, 15) is 0 Å². The Morgan fingerprint density at radius 3 is 2.45 bits per heavy atom. The van der Waals surface area contributed by atoms with Crippen LogP contribution in [-0.4, -0.2) is 5.11 Å². The Labute approximate surface area is 139 Å². The lowest BCUT2D eigenvalue weighted by molar-refractivity contribution is 0.722. The fraction of sp³-hybridized carbons (Fsp3) is 0.316. The minimum atomic E-state index is 0.184. The van der Waals surface area contributed by atoms with E-state index < -0.39 is 0 Å². The molecular weight excluding hydrogens is 288 g/mol. The second kappa shape index (κ2) is 8.54. The van der Waals surface area contributed by atoms with Gasteiger partial charge in [0, 0.05) is 5.69 Å². The number of anilines is 1. The summed E-state index contributed by atoms with van der Waals surface area (Å²) < 4.78 is 0. The first-order valence-electron chi connectivity index (χ1n) is 7.91. The molecule has 0 fully saturated rings. The molecule has 2 N–H and O–H groups in total. The molecule has 1 unspecified atom stereocenters. The fourth-order valence-corrected chi connectivity index (χ4v) is 2.69. The standard InChI is InChI=1S/C19H24N2S/c1-3-4-10-17-13-8-9-14-18(17)21-19(22)20-15(2)16-11-6-5-7-12-16/h5-9,11-15H,3-4,10H2,1-2H3,(H2,20,21,22). The van der Waals surface area contributed by atoms with Gasteiger partial charge in [-0.2, -0.15) is 0 Å². The van der Waals surface area contributed by atoms with Crippen LogP contribution in [0.2, 0.25) is 0 Å². The normalized spacial score (nSPS) is 11.7. The van der Waals surface area contributed by atoms with Gasteiger partial charge >= 0.3 is 0 Å². The summed E-state index contributed by atoms with van der Waals surface area (Å²) in [5.74, 6) is 0. The number of hydrogen-bond acceptors (Lipinski definition) is 1. The summed E-state index contributed by atoms with van der Waals surface area (Å²) in [6.45, 7) is 4.33. The quantitative estimate of drug-likeness (QED) is 0.728. The van der Waals surface area contributed by atoms with E-state index in [1.165, 1.54) is 24.0 Å². The van der Waals surface area contributed by atoms with Crippen molar-refractivity contribution in [2.24, 2.45) is 0 Å². The largest absolute Gasteiger partial charge is 0.356 e. The fourth-order valence-electron chi connectivity index (χ4n) is 2.41. The number of rotatable bonds is 6. The molecule has 0 radical (unpaired) electrons. The third kappa shape index (κ3) is 4.85. The lowest BCUT2D eigenvalue weighted by atomic mass is 10.1. The zero-order valence-electron chi connectivity index (χ0n) is 13.3. The molecule has 0 aliphatic heterocycles. The number of unbranched alkanes of at least 4 members (excludes halogenated alkanes) is 1. The van der Waals surface area contributed by atoms with Crippen LogP contribution in [0.3, 0.4) is 0 Å². The summed E-state index contributed by atoms with van der Waals surface area (Å²) >= 11 is 5.46. The maximum atomic E-state index is 5.46. The summed E-state index contributed by atoms with van der Waals surface area (Å²) in [6, 6.07) is 18.9. The molecule has 0 aliphatic carbocycles. The highest BCUT2D eigenvalue weighted by atomic mass is 32.1. The Balaban J connectivity index is 1.97. The highest BCUT2D eigenvalue weighted by Crippen LogP contribution is 2.18. The molecule has 2 aromatic carbocycles. The van der Waals surface area contributed by atoms with Crippen LogP contribution in [0, 0.1) is 0 Å². The predicted molar refractivity (Wildman–Crippen MR) is 99.3 cm³/mol. The number of aryl methyl sites for hydroxylation is 1. The monoisotopic (exact) mass is 312 g/mol. The summed E-state index contributed by atoms with van der Waals surface area (Å²) in [6.07, 6.45) is 3.47. The van der Waals surface area contributed by atoms with E-state index in [-0.39, 0.29) is 6.04 Å². The lowest BCUT2D eigenvalue weighted by Crippen LogP contribution is -2.31. The smallest absolute Gasteiger partial charge is 0.171 e. The third-order valence-corrected chi connectivity index (χ3v) is 3.93. The maximum absolute atomic E-state index is 5.46. The second-order valence-corrected chi connectivity index (χ2v) is 5.90. The van der Waals surface area contributed by atoms with E-state index in [1.807, 2.05) is 24.3 Å². The highest BCUT2D eigenvalue weighted by molar-refractivity contribution is 7.80. The molecule has 1 atom stereocenters. The van der Waals surface area contributed by atoms with Crippen LogP contribution < -0.4 is 10.6 Å². The van der Waals surface area contributed by atoms with E-state index in [0.29, 0.717) is 5.11 Å².